The van der Waals surface area contributed by atoms with Gasteiger partial charge in [0.1, 0.15) is 0 Å². The summed E-state index contributed by atoms with van der Waals surface area (Å²) in [6, 6.07) is 1.37. The number of halogens is 2. The van der Waals surface area contributed by atoms with Gasteiger partial charge in [-0.25, -0.2) is 0 Å². The first kappa shape index (κ1) is 21.5. The Morgan fingerprint density at radius 1 is 1.15 bits per heavy atom. The van der Waals surface area contributed by atoms with Crippen LogP contribution in [0.5, 0.6) is 0 Å². The molecule has 1 amide bonds. The van der Waals surface area contributed by atoms with Crippen LogP contribution in [0.25, 0.3) is 0 Å². The van der Waals surface area contributed by atoms with Crippen molar-refractivity contribution in [3.05, 3.63) is 18.0 Å². The lowest BCUT2D eigenvalue weighted by molar-refractivity contribution is -0.133. The predicted molar refractivity (Wildman–Crippen MR) is 108 cm³/mol. The number of amides is 1. The Kier molecular flexibility index (Phi) is 7.80. The molecule has 0 radical (unpaired) electrons. The molecule has 1 aromatic rings. The maximum Gasteiger partial charge on any atom is 0.222 e. The average Bonchev–Trinajstić information content (AvgIpc) is 3.21. The third-order valence-corrected chi connectivity index (χ3v) is 6.33. The molecule has 0 aliphatic carbocycles. The van der Waals surface area contributed by atoms with Gasteiger partial charge in [-0.3, -0.25) is 9.48 Å². The first-order valence-corrected chi connectivity index (χ1v) is 9.77. The predicted octanol–water partition coefficient (Wildman–Crippen LogP) is 3.37. The van der Waals surface area contributed by atoms with Crippen LogP contribution in [0.1, 0.15) is 63.4 Å². The second kappa shape index (κ2) is 9.43. The summed E-state index contributed by atoms with van der Waals surface area (Å²) >= 11 is 0. The van der Waals surface area contributed by atoms with Crippen molar-refractivity contribution in [3.8, 4) is 0 Å². The number of hydrogen-bond acceptors (Lipinski definition) is 3. The lowest BCUT2D eigenvalue weighted by atomic mass is 9.88. The van der Waals surface area contributed by atoms with Crippen LogP contribution >= 0.6 is 24.8 Å². The molecule has 4 rings (SSSR count). The van der Waals surface area contributed by atoms with Crippen LogP contribution in [0.4, 0.5) is 0 Å². The van der Waals surface area contributed by atoms with Crippen molar-refractivity contribution in [1.29, 1.82) is 0 Å². The summed E-state index contributed by atoms with van der Waals surface area (Å²) in [4.78, 5) is 14.8. The summed E-state index contributed by atoms with van der Waals surface area (Å²) in [6.07, 6.45) is 12.1. The van der Waals surface area contributed by atoms with E-state index in [1.54, 1.807) is 0 Å². The Labute approximate surface area is 169 Å². The van der Waals surface area contributed by atoms with Gasteiger partial charge in [0.15, 0.2) is 0 Å². The minimum absolute atomic E-state index is 0. The number of aryl methyl sites for hydroxylation is 1. The van der Waals surface area contributed by atoms with Crippen LogP contribution < -0.4 is 5.32 Å². The van der Waals surface area contributed by atoms with Crippen molar-refractivity contribution < 1.29 is 4.79 Å². The standard InChI is InChI=1S/C19H30N4O.2ClH/c1-2-23-13-16(12-20-23)15-5-7-22(8-6-15)19(24)11-14-9-17-3-4-18(10-14)21-17;;/h12-15,17-18,21H,2-11H2,1H3;2*1H. The van der Waals surface area contributed by atoms with Crippen molar-refractivity contribution in [1.82, 2.24) is 20.0 Å². The van der Waals surface area contributed by atoms with Crippen molar-refractivity contribution in [2.75, 3.05) is 13.1 Å². The molecule has 2 unspecified atom stereocenters. The third kappa shape index (κ3) is 4.73. The second-order valence-corrected chi connectivity index (χ2v) is 7.96. The lowest BCUT2D eigenvalue weighted by Gasteiger charge is -2.34. The summed E-state index contributed by atoms with van der Waals surface area (Å²) in [6.45, 7) is 4.87. The Hall–Kier alpha value is -0.780. The van der Waals surface area contributed by atoms with Crippen LogP contribution in [-0.2, 0) is 11.3 Å². The number of rotatable bonds is 4. The molecule has 3 aliphatic rings. The minimum atomic E-state index is 0. The van der Waals surface area contributed by atoms with Crippen LogP contribution in [0.2, 0.25) is 0 Å². The Balaban J connectivity index is 0.00000121. The maximum absolute atomic E-state index is 12.7. The van der Waals surface area contributed by atoms with Crippen LogP contribution in [0.3, 0.4) is 0 Å². The number of carbonyl (C=O) groups is 1. The fourth-order valence-corrected chi connectivity index (χ4v) is 4.94. The van der Waals surface area contributed by atoms with Crippen LogP contribution in [0, 0.1) is 5.92 Å². The molecule has 0 saturated carbocycles. The third-order valence-electron chi connectivity index (χ3n) is 6.33. The molecule has 3 saturated heterocycles. The van der Waals surface area contributed by atoms with E-state index in [1.165, 1.54) is 31.2 Å². The monoisotopic (exact) mass is 402 g/mol. The molecule has 1 N–H and O–H groups in total. The van der Waals surface area contributed by atoms with Crippen molar-refractivity contribution in [2.24, 2.45) is 5.92 Å². The first-order valence-electron chi connectivity index (χ1n) is 9.77. The second-order valence-electron chi connectivity index (χ2n) is 7.96. The Bertz CT molecular complexity index is 574. The van der Waals surface area contributed by atoms with E-state index in [2.05, 4.69) is 28.4 Å². The number of nitrogens with one attached hydrogen (secondary N) is 1. The smallest absolute Gasteiger partial charge is 0.222 e. The first-order chi connectivity index (χ1) is 11.7. The number of fused-ring (bicyclic) bond motifs is 2. The highest BCUT2D eigenvalue weighted by Gasteiger charge is 2.35. The molecular weight excluding hydrogens is 371 g/mol. The van der Waals surface area contributed by atoms with Crippen LogP contribution in [0.15, 0.2) is 12.4 Å². The number of piperidine rings is 2. The van der Waals surface area contributed by atoms with E-state index in [4.69, 9.17) is 0 Å². The van der Waals surface area contributed by atoms with Gasteiger partial charge in [0.05, 0.1) is 6.20 Å². The van der Waals surface area contributed by atoms with E-state index in [0.717, 1.165) is 38.9 Å². The fraction of sp³-hybridized carbons (Fsp3) is 0.789. The fourth-order valence-electron chi connectivity index (χ4n) is 4.94. The molecule has 3 aliphatic heterocycles. The van der Waals surface area contributed by atoms with E-state index in [9.17, 15) is 4.79 Å². The number of nitrogens with zero attached hydrogens (tertiary/aromatic N) is 3. The molecule has 148 valence electrons. The molecule has 26 heavy (non-hydrogen) atoms. The molecule has 7 heteroatoms. The largest absolute Gasteiger partial charge is 0.343 e. The molecule has 5 nitrogen and oxygen atoms in total. The van der Waals surface area contributed by atoms with Gasteiger partial charge in [-0.05, 0) is 62.8 Å². The van der Waals surface area contributed by atoms with E-state index in [1.807, 2.05) is 10.9 Å². The Morgan fingerprint density at radius 2 is 1.81 bits per heavy atom. The zero-order chi connectivity index (χ0) is 16.5. The zero-order valence-corrected chi connectivity index (χ0v) is 17.2. The topological polar surface area (TPSA) is 50.2 Å². The van der Waals surface area contributed by atoms with E-state index < -0.39 is 0 Å². The van der Waals surface area contributed by atoms with Gasteiger partial charge in [-0.2, -0.15) is 5.10 Å². The number of likely N-dealkylation sites (tertiary alicyclic amines) is 1. The van der Waals surface area contributed by atoms with Gasteiger partial charge in [0.2, 0.25) is 5.91 Å². The Morgan fingerprint density at radius 3 is 2.38 bits per heavy atom. The molecule has 1 aromatic heterocycles. The normalized spacial score (nSPS) is 28.3. The molecule has 2 atom stereocenters. The summed E-state index contributed by atoms with van der Waals surface area (Å²) in [5, 5.41) is 8.06. The quantitative estimate of drug-likeness (QED) is 0.839. The highest BCUT2D eigenvalue weighted by Crippen LogP contribution is 2.34. The van der Waals surface area contributed by atoms with Gasteiger partial charge in [0.25, 0.3) is 0 Å². The van der Waals surface area contributed by atoms with E-state index in [0.29, 0.717) is 29.8 Å². The van der Waals surface area contributed by atoms with Gasteiger partial charge >= 0.3 is 0 Å². The van der Waals surface area contributed by atoms with E-state index in [-0.39, 0.29) is 24.8 Å². The van der Waals surface area contributed by atoms with Crippen molar-refractivity contribution >= 4 is 30.7 Å². The molecule has 2 bridgehead atoms. The SMILES string of the molecule is CCn1cc(C2CCN(C(=O)CC3CC4CCC(C3)N4)CC2)cn1.Cl.Cl. The molecule has 0 aromatic carbocycles. The average molecular weight is 403 g/mol. The zero-order valence-electron chi connectivity index (χ0n) is 15.6. The summed E-state index contributed by atoms with van der Waals surface area (Å²) in [7, 11) is 0. The van der Waals surface area contributed by atoms with Crippen molar-refractivity contribution in [2.45, 2.75) is 76.4 Å². The molecular formula is C19H32Cl2N4O. The van der Waals surface area contributed by atoms with E-state index >= 15 is 0 Å². The molecule has 4 heterocycles. The minimum Gasteiger partial charge on any atom is -0.343 e. The van der Waals surface area contributed by atoms with Crippen molar-refractivity contribution in [3.63, 3.8) is 0 Å². The van der Waals surface area contributed by atoms with Gasteiger partial charge in [0, 0.05) is 44.3 Å². The highest BCUT2D eigenvalue weighted by atomic mass is 35.5. The maximum atomic E-state index is 12.7. The van der Waals surface area contributed by atoms with Gasteiger partial charge in [-0.15, -0.1) is 24.8 Å². The van der Waals surface area contributed by atoms with Crippen LogP contribution in [-0.4, -0.2) is 45.8 Å². The molecule has 3 fully saturated rings. The van der Waals surface area contributed by atoms with Gasteiger partial charge < -0.3 is 10.2 Å². The van der Waals surface area contributed by atoms with Gasteiger partial charge in [-0.1, -0.05) is 0 Å². The number of aromatic nitrogens is 2. The lowest BCUT2D eigenvalue weighted by Crippen LogP contribution is -2.42. The summed E-state index contributed by atoms with van der Waals surface area (Å²) < 4.78 is 2.00. The number of hydrogen-bond donors (Lipinski definition) is 1. The molecule has 0 spiro atoms. The summed E-state index contributed by atoms with van der Waals surface area (Å²) in [5.41, 5.74) is 1.35. The summed E-state index contributed by atoms with van der Waals surface area (Å²) in [5.74, 6) is 1.57. The highest BCUT2D eigenvalue weighted by molar-refractivity contribution is 5.85. The number of carbonyl (C=O) groups excluding carboxylic acids is 1.